The Labute approximate surface area is 141 Å². The summed E-state index contributed by atoms with van der Waals surface area (Å²) in [5.74, 6) is 0.121. The van der Waals surface area contributed by atoms with Gasteiger partial charge in [-0.15, -0.1) is 11.3 Å². The molecule has 1 aromatic carbocycles. The van der Waals surface area contributed by atoms with Gasteiger partial charge in [0.25, 0.3) is 0 Å². The van der Waals surface area contributed by atoms with Crippen molar-refractivity contribution in [2.45, 2.75) is 19.3 Å². The van der Waals surface area contributed by atoms with Gasteiger partial charge in [-0.2, -0.15) is 9.36 Å². The van der Waals surface area contributed by atoms with Crippen LogP contribution in [0.15, 0.2) is 41.8 Å². The van der Waals surface area contributed by atoms with E-state index in [-0.39, 0.29) is 11.7 Å². The molecule has 0 saturated heterocycles. The Bertz CT molecular complexity index is 769. The van der Waals surface area contributed by atoms with Crippen LogP contribution in [0.5, 0.6) is 0 Å². The Morgan fingerprint density at radius 1 is 1.22 bits per heavy atom. The number of anilines is 1. The lowest BCUT2D eigenvalue weighted by molar-refractivity contribution is -0.116. The zero-order valence-corrected chi connectivity index (χ0v) is 13.8. The maximum atomic E-state index is 12.9. The number of halogens is 1. The molecule has 2 heterocycles. The van der Waals surface area contributed by atoms with Gasteiger partial charge in [0.15, 0.2) is 5.82 Å². The largest absolute Gasteiger partial charge is 0.301 e. The van der Waals surface area contributed by atoms with Crippen molar-refractivity contribution in [3.8, 4) is 11.4 Å². The minimum absolute atomic E-state index is 0.0663. The number of aromatic nitrogens is 2. The minimum atomic E-state index is -0.303. The molecule has 4 nitrogen and oxygen atoms in total. The standard InChI is InChI=1S/C16H14FN3OS2/c17-12-8-6-11(7-9-12)15-19-16(23-20-15)18-14(21)5-1-3-13-4-2-10-22-13/h2,4,6-10H,1,3,5H2,(H,18,19,20,21). The molecule has 1 amide bonds. The van der Waals surface area contributed by atoms with Crippen molar-refractivity contribution >= 4 is 33.9 Å². The first-order valence-electron chi connectivity index (χ1n) is 7.12. The van der Waals surface area contributed by atoms with Crippen LogP contribution in [0, 0.1) is 5.82 Å². The molecule has 23 heavy (non-hydrogen) atoms. The third-order valence-electron chi connectivity index (χ3n) is 3.18. The van der Waals surface area contributed by atoms with Crippen molar-refractivity contribution in [1.82, 2.24) is 9.36 Å². The number of nitrogens with zero attached hydrogens (tertiary/aromatic N) is 2. The normalized spacial score (nSPS) is 10.7. The summed E-state index contributed by atoms with van der Waals surface area (Å²) in [6, 6.07) is 10.0. The summed E-state index contributed by atoms with van der Waals surface area (Å²) in [7, 11) is 0. The molecule has 0 saturated carbocycles. The van der Waals surface area contributed by atoms with Crippen molar-refractivity contribution in [3.05, 3.63) is 52.5 Å². The summed E-state index contributed by atoms with van der Waals surface area (Å²) in [6.45, 7) is 0. The van der Waals surface area contributed by atoms with Crippen LogP contribution < -0.4 is 5.32 Å². The van der Waals surface area contributed by atoms with Gasteiger partial charge in [-0.25, -0.2) is 4.39 Å². The SMILES string of the molecule is O=C(CCCc1cccs1)Nc1nc(-c2ccc(F)cc2)ns1. The quantitative estimate of drug-likeness (QED) is 0.720. The van der Waals surface area contributed by atoms with Crippen LogP contribution in [0.2, 0.25) is 0 Å². The van der Waals surface area contributed by atoms with Crippen LogP contribution >= 0.6 is 22.9 Å². The van der Waals surface area contributed by atoms with Gasteiger partial charge in [-0.05, 0) is 48.6 Å². The van der Waals surface area contributed by atoms with Gasteiger partial charge < -0.3 is 5.32 Å². The molecule has 7 heteroatoms. The minimum Gasteiger partial charge on any atom is -0.301 e. The second-order valence-electron chi connectivity index (χ2n) is 4.91. The number of amides is 1. The number of rotatable bonds is 6. The molecule has 0 aliphatic carbocycles. The third kappa shape index (κ3) is 4.43. The van der Waals surface area contributed by atoms with E-state index >= 15 is 0 Å². The Kier molecular flexibility index (Phi) is 5.09. The van der Waals surface area contributed by atoms with Crippen molar-refractivity contribution < 1.29 is 9.18 Å². The van der Waals surface area contributed by atoms with E-state index in [0.29, 0.717) is 17.4 Å². The zero-order chi connectivity index (χ0) is 16.1. The smallest absolute Gasteiger partial charge is 0.226 e. The van der Waals surface area contributed by atoms with Gasteiger partial charge in [0.1, 0.15) is 5.82 Å². The number of hydrogen-bond donors (Lipinski definition) is 1. The van der Waals surface area contributed by atoms with Crippen LogP contribution in [0.25, 0.3) is 11.4 Å². The number of aryl methyl sites for hydroxylation is 1. The fourth-order valence-electron chi connectivity index (χ4n) is 2.05. The molecule has 0 radical (unpaired) electrons. The Morgan fingerprint density at radius 2 is 2.04 bits per heavy atom. The first kappa shape index (κ1) is 15.8. The number of benzene rings is 1. The fourth-order valence-corrected chi connectivity index (χ4v) is 3.41. The Hall–Kier alpha value is -2.12. The highest BCUT2D eigenvalue weighted by molar-refractivity contribution is 7.10. The van der Waals surface area contributed by atoms with E-state index in [9.17, 15) is 9.18 Å². The Morgan fingerprint density at radius 3 is 2.78 bits per heavy atom. The van der Waals surface area contributed by atoms with E-state index in [1.165, 1.54) is 17.0 Å². The van der Waals surface area contributed by atoms with E-state index in [1.54, 1.807) is 23.5 Å². The van der Waals surface area contributed by atoms with Gasteiger partial charge >= 0.3 is 0 Å². The molecular weight excluding hydrogens is 333 g/mol. The second-order valence-corrected chi connectivity index (χ2v) is 6.70. The van der Waals surface area contributed by atoms with Gasteiger partial charge in [-0.3, -0.25) is 4.79 Å². The maximum absolute atomic E-state index is 12.9. The van der Waals surface area contributed by atoms with Crippen LogP contribution in [0.4, 0.5) is 9.52 Å². The van der Waals surface area contributed by atoms with Gasteiger partial charge in [0.2, 0.25) is 11.0 Å². The molecular formula is C16H14FN3OS2. The average Bonchev–Trinajstić information content (AvgIpc) is 3.20. The van der Waals surface area contributed by atoms with Crippen molar-refractivity contribution in [2.24, 2.45) is 0 Å². The highest BCUT2D eigenvalue weighted by Crippen LogP contribution is 2.21. The van der Waals surface area contributed by atoms with E-state index in [2.05, 4.69) is 20.7 Å². The highest BCUT2D eigenvalue weighted by Gasteiger charge is 2.10. The summed E-state index contributed by atoms with van der Waals surface area (Å²) in [4.78, 5) is 17.5. The molecule has 0 bridgehead atoms. The average molecular weight is 347 g/mol. The number of carbonyl (C=O) groups is 1. The topological polar surface area (TPSA) is 54.9 Å². The third-order valence-corrected chi connectivity index (χ3v) is 4.75. The predicted molar refractivity (Wildman–Crippen MR) is 91.2 cm³/mol. The summed E-state index contributed by atoms with van der Waals surface area (Å²) in [5.41, 5.74) is 0.723. The van der Waals surface area contributed by atoms with E-state index in [1.807, 2.05) is 11.4 Å². The molecule has 0 aliphatic heterocycles. The molecule has 0 atom stereocenters. The predicted octanol–water partition coefficient (Wildman–Crippen LogP) is 4.37. The van der Waals surface area contributed by atoms with E-state index in [4.69, 9.17) is 0 Å². The van der Waals surface area contributed by atoms with Crippen LogP contribution in [-0.2, 0) is 11.2 Å². The van der Waals surface area contributed by atoms with Gasteiger partial charge in [0, 0.05) is 28.4 Å². The molecule has 0 spiro atoms. The summed E-state index contributed by atoms with van der Waals surface area (Å²) < 4.78 is 17.1. The van der Waals surface area contributed by atoms with E-state index in [0.717, 1.165) is 29.9 Å². The summed E-state index contributed by atoms with van der Waals surface area (Å²) in [6.07, 6.45) is 2.15. The molecule has 0 unspecified atom stereocenters. The first-order chi connectivity index (χ1) is 11.2. The summed E-state index contributed by atoms with van der Waals surface area (Å²) in [5, 5.41) is 5.26. The monoisotopic (exact) mass is 347 g/mol. The number of hydrogen-bond acceptors (Lipinski definition) is 5. The maximum Gasteiger partial charge on any atom is 0.226 e. The van der Waals surface area contributed by atoms with E-state index < -0.39 is 0 Å². The lowest BCUT2D eigenvalue weighted by Crippen LogP contribution is -2.11. The Balaban J connectivity index is 1.52. The fraction of sp³-hybridized carbons (Fsp3) is 0.188. The molecule has 3 rings (SSSR count). The molecule has 0 fully saturated rings. The molecule has 0 aliphatic rings. The van der Waals surface area contributed by atoms with Gasteiger partial charge in [-0.1, -0.05) is 6.07 Å². The number of thiophene rings is 1. The number of carbonyl (C=O) groups excluding carboxylic acids is 1. The first-order valence-corrected chi connectivity index (χ1v) is 8.78. The highest BCUT2D eigenvalue weighted by atomic mass is 32.1. The lowest BCUT2D eigenvalue weighted by Gasteiger charge is -2.00. The van der Waals surface area contributed by atoms with Crippen LogP contribution in [0.1, 0.15) is 17.7 Å². The summed E-state index contributed by atoms with van der Waals surface area (Å²) >= 11 is 2.83. The molecule has 118 valence electrons. The number of nitrogens with one attached hydrogen (secondary N) is 1. The van der Waals surface area contributed by atoms with Crippen LogP contribution in [-0.4, -0.2) is 15.3 Å². The second kappa shape index (κ2) is 7.43. The molecule has 3 aromatic rings. The van der Waals surface area contributed by atoms with Crippen LogP contribution in [0.3, 0.4) is 0 Å². The molecule has 1 N–H and O–H groups in total. The van der Waals surface area contributed by atoms with Gasteiger partial charge in [0.05, 0.1) is 0 Å². The zero-order valence-electron chi connectivity index (χ0n) is 12.2. The lowest BCUT2D eigenvalue weighted by atomic mass is 10.2. The van der Waals surface area contributed by atoms with Crippen molar-refractivity contribution in [2.75, 3.05) is 5.32 Å². The molecule has 2 aromatic heterocycles. The van der Waals surface area contributed by atoms with Crippen molar-refractivity contribution in [3.63, 3.8) is 0 Å². The van der Waals surface area contributed by atoms with Crippen molar-refractivity contribution in [1.29, 1.82) is 0 Å².